The molecule has 0 atom stereocenters. The van der Waals surface area contributed by atoms with E-state index in [1.165, 1.54) is 14.2 Å². The van der Waals surface area contributed by atoms with Crippen LogP contribution in [0.4, 0.5) is 4.79 Å². The first-order valence-corrected chi connectivity index (χ1v) is 7.05. The average molecular weight is 332 g/mol. The van der Waals surface area contributed by atoms with Crippen molar-refractivity contribution >= 4 is 18.5 Å². The van der Waals surface area contributed by atoms with E-state index in [-0.39, 0.29) is 5.97 Å². The van der Waals surface area contributed by atoms with E-state index in [2.05, 4.69) is 14.8 Å². The van der Waals surface area contributed by atoms with Crippen molar-refractivity contribution in [2.75, 3.05) is 20.8 Å². The van der Waals surface area contributed by atoms with Crippen LogP contribution in [-0.2, 0) is 23.8 Å². The van der Waals surface area contributed by atoms with Gasteiger partial charge in [-0.15, -0.1) is 0 Å². The molecule has 0 aliphatic rings. The number of nitriles is 1. The Labute approximate surface area is 138 Å². The van der Waals surface area contributed by atoms with Crippen molar-refractivity contribution < 1.29 is 28.6 Å². The number of carbonyl (C=O) groups excluding carboxylic acids is 3. The predicted molar refractivity (Wildman–Crippen MR) is 84.5 cm³/mol. The first-order valence-electron chi connectivity index (χ1n) is 7.05. The van der Waals surface area contributed by atoms with Crippen molar-refractivity contribution in [1.29, 1.82) is 5.26 Å². The van der Waals surface area contributed by atoms with Crippen molar-refractivity contribution in [2.24, 2.45) is 0 Å². The number of amides is 1. The van der Waals surface area contributed by atoms with Crippen LogP contribution < -0.4 is 5.32 Å². The minimum absolute atomic E-state index is 0.277. The third kappa shape index (κ3) is 32.9. The highest BCUT2D eigenvalue weighted by atomic mass is 16.6. The summed E-state index contributed by atoms with van der Waals surface area (Å²) in [7, 11) is 2.65. The normalized spacial score (nSPS) is 8.74. The molecular weight excluding hydrogens is 304 g/mol. The summed E-state index contributed by atoms with van der Waals surface area (Å²) in [5.74, 6) is -0.277. The zero-order valence-corrected chi connectivity index (χ0v) is 14.8. The summed E-state index contributed by atoms with van der Waals surface area (Å²) in [6.07, 6.45) is 1.01. The van der Waals surface area contributed by atoms with Crippen LogP contribution in [0.3, 0.4) is 0 Å². The summed E-state index contributed by atoms with van der Waals surface area (Å²) in [6, 6.07) is 1.93. The van der Waals surface area contributed by atoms with Gasteiger partial charge in [-0.3, -0.25) is 9.59 Å². The molecule has 0 heterocycles. The van der Waals surface area contributed by atoms with Crippen molar-refractivity contribution in [3.8, 4) is 6.07 Å². The summed E-state index contributed by atoms with van der Waals surface area (Å²) >= 11 is 0. The fraction of sp³-hybridized carbons (Fsp3) is 0.733. The SMILES string of the molecule is CCC#N.COC(=O)CCCNC(=O)OC(C)(C)C.COC=O. The zero-order chi connectivity index (χ0) is 18.7. The largest absolute Gasteiger partial charge is 0.471 e. The van der Waals surface area contributed by atoms with Gasteiger partial charge in [0.15, 0.2) is 0 Å². The van der Waals surface area contributed by atoms with Crippen LogP contribution in [0.1, 0.15) is 47.0 Å². The molecule has 0 aromatic heterocycles. The summed E-state index contributed by atoms with van der Waals surface area (Å²) < 4.78 is 13.3. The molecule has 0 rings (SSSR count). The molecule has 0 saturated heterocycles. The molecule has 134 valence electrons. The number of rotatable bonds is 5. The average Bonchev–Trinajstić information content (AvgIpc) is 2.50. The van der Waals surface area contributed by atoms with E-state index < -0.39 is 11.7 Å². The third-order valence-corrected chi connectivity index (χ3v) is 1.71. The van der Waals surface area contributed by atoms with Crippen LogP contribution in [0.2, 0.25) is 0 Å². The van der Waals surface area contributed by atoms with Crippen LogP contribution in [0.5, 0.6) is 0 Å². The molecule has 0 aliphatic carbocycles. The molecule has 1 amide bonds. The second kappa shape index (κ2) is 17.8. The maximum absolute atomic E-state index is 11.1. The molecule has 0 spiro atoms. The fourth-order valence-electron chi connectivity index (χ4n) is 0.839. The van der Waals surface area contributed by atoms with Crippen molar-refractivity contribution in [3.05, 3.63) is 0 Å². The Hall–Kier alpha value is -2.30. The van der Waals surface area contributed by atoms with E-state index in [1.807, 2.05) is 13.0 Å². The first kappa shape index (κ1) is 25.6. The van der Waals surface area contributed by atoms with Crippen molar-refractivity contribution in [2.45, 2.75) is 52.6 Å². The number of alkyl carbamates (subject to hydrolysis) is 1. The van der Waals surface area contributed by atoms with Crippen molar-refractivity contribution in [1.82, 2.24) is 5.32 Å². The quantitative estimate of drug-likeness (QED) is 0.355. The second-order valence-electron chi connectivity index (χ2n) is 4.95. The number of hydrogen-bond acceptors (Lipinski definition) is 7. The van der Waals surface area contributed by atoms with E-state index in [0.717, 1.165) is 0 Å². The van der Waals surface area contributed by atoms with Gasteiger partial charge in [-0.1, -0.05) is 6.92 Å². The minimum Gasteiger partial charge on any atom is -0.471 e. The first-order chi connectivity index (χ1) is 10.7. The van der Waals surface area contributed by atoms with Gasteiger partial charge in [-0.25, -0.2) is 4.79 Å². The van der Waals surface area contributed by atoms with E-state index in [4.69, 9.17) is 14.8 Å². The van der Waals surface area contributed by atoms with Gasteiger partial charge < -0.3 is 19.5 Å². The number of esters is 1. The number of hydrogen-bond donors (Lipinski definition) is 1. The van der Waals surface area contributed by atoms with Crippen molar-refractivity contribution in [3.63, 3.8) is 0 Å². The topological polar surface area (TPSA) is 115 Å². The van der Waals surface area contributed by atoms with Crippen LogP contribution in [0, 0.1) is 11.3 Å². The molecule has 8 heteroatoms. The monoisotopic (exact) mass is 332 g/mol. The lowest BCUT2D eigenvalue weighted by atomic mass is 10.2. The smallest absolute Gasteiger partial charge is 0.407 e. The summed E-state index contributed by atoms with van der Waals surface area (Å²) in [5, 5.41) is 10.2. The highest BCUT2D eigenvalue weighted by Crippen LogP contribution is 2.06. The maximum atomic E-state index is 11.1. The lowest BCUT2D eigenvalue weighted by molar-refractivity contribution is -0.140. The highest BCUT2D eigenvalue weighted by molar-refractivity contribution is 5.69. The summed E-state index contributed by atoms with van der Waals surface area (Å²) in [6.45, 7) is 7.98. The molecule has 0 unspecified atom stereocenters. The maximum Gasteiger partial charge on any atom is 0.407 e. The highest BCUT2D eigenvalue weighted by Gasteiger charge is 2.15. The van der Waals surface area contributed by atoms with E-state index in [9.17, 15) is 9.59 Å². The second-order valence-corrected chi connectivity index (χ2v) is 4.95. The van der Waals surface area contributed by atoms with Crippen LogP contribution >= 0.6 is 0 Å². The van der Waals surface area contributed by atoms with Crippen LogP contribution in [0.15, 0.2) is 0 Å². The number of methoxy groups -OCH3 is 2. The van der Waals surface area contributed by atoms with Gasteiger partial charge in [0, 0.05) is 19.4 Å². The predicted octanol–water partition coefficient (Wildman–Crippen LogP) is 2.17. The number of carbonyl (C=O) groups is 3. The molecule has 0 radical (unpaired) electrons. The number of ether oxygens (including phenoxy) is 3. The number of nitrogens with zero attached hydrogens (tertiary/aromatic N) is 1. The standard InChI is InChI=1S/C10H19NO4.C3H5N.C2H4O2/c1-10(2,3)15-9(13)11-7-5-6-8(12)14-4;1-2-3-4;1-4-2-3/h5-7H2,1-4H3,(H,11,13);2H2,1H3;2H,1H3. The Kier molecular flexibility index (Phi) is 19.8. The Morgan fingerprint density at radius 2 is 1.74 bits per heavy atom. The van der Waals surface area contributed by atoms with Gasteiger partial charge in [-0.2, -0.15) is 5.26 Å². The molecule has 0 aromatic rings. The molecule has 23 heavy (non-hydrogen) atoms. The van der Waals surface area contributed by atoms with Gasteiger partial charge >= 0.3 is 12.1 Å². The third-order valence-electron chi connectivity index (χ3n) is 1.71. The molecule has 0 saturated carbocycles. The molecular formula is C15H28N2O6. The Morgan fingerprint density at radius 3 is 2.04 bits per heavy atom. The van der Waals surface area contributed by atoms with Gasteiger partial charge in [0.2, 0.25) is 0 Å². The van der Waals surface area contributed by atoms with E-state index in [0.29, 0.717) is 32.3 Å². The summed E-state index contributed by atoms with van der Waals surface area (Å²) in [4.78, 5) is 30.8. The lowest BCUT2D eigenvalue weighted by Gasteiger charge is -2.19. The molecule has 8 nitrogen and oxygen atoms in total. The molecule has 1 N–H and O–H groups in total. The minimum atomic E-state index is -0.494. The van der Waals surface area contributed by atoms with Gasteiger partial charge in [0.05, 0.1) is 20.3 Å². The fourth-order valence-corrected chi connectivity index (χ4v) is 0.839. The lowest BCUT2D eigenvalue weighted by Crippen LogP contribution is -2.33. The number of nitrogens with one attached hydrogen (secondary N) is 1. The Morgan fingerprint density at radius 1 is 1.26 bits per heavy atom. The van der Waals surface area contributed by atoms with Crippen LogP contribution in [-0.4, -0.2) is 44.9 Å². The van der Waals surface area contributed by atoms with E-state index in [1.54, 1.807) is 20.8 Å². The zero-order valence-electron chi connectivity index (χ0n) is 14.8. The van der Waals surface area contributed by atoms with Crippen LogP contribution in [0.25, 0.3) is 0 Å². The van der Waals surface area contributed by atoms with E-state index >= 15 is 0 Å². The van der Waals surface area contributed by atoms with Gasteiger partial charge in [-0.05, 0) is 27.2 Å². The summed E-state index contributed by atoms with van der Waals surface area (Å²) in [5.41, 5.74) is -0.494. The van der Waals surface area contributed by atoms with Gasteiger partial charge in [0.1, 0.15) is 5.60 Å². The molecule has 0 aromatic carbocycles. The Balaban J connectivity index is -0.000000413. The molecule has 0 aliphatic heterocycles. The molecule has 0 bridgehead atoms. The Bertz CT molecular complexity index is 358. The van der Waals surface area contributed by atoms with Gasteiger partial charge in [0.25, 0.3) is 6.47 Å². The molecule has 0 fully saturated rings.